The number of aromatic nitrogens is 4. The van der Waals surface area contributed by atoms with E-state index in [0.717, 1.165) is 95.4 Å². The van der Waals surface area contributed by atoms with Crippen LogP contribution in [0.15, 0.2) is 164 Å². The molecule has 0 saturated heterocycles. The number of rotatable bonds is 4. The number of ether oxygens (including phenoxy) is 3. The molecule has 0 amide bonds. The van der Waals surface area contributed by atoms with Crippen molar-refractivity contribution in [2.45, 2.75) is 13.1 Å². The van der Waals surface area contributed by atoms with Crippen molar-refractivity contribution in [3.63, 3.8) is 0 Å². The van der Waals surface area contributed by atoms with Crippen LogP contribution in [-0.4, -0.2) is 28.9 Å². The maximum atomic E-state index is 6.89. The van der Waals surface area contributed by atoms with Crippen molar-refractivity contribution in [2.75, 3.05) is 0 Å². The van der Waals surface area contributed by atoms with Gasteiger partial charge < -0.3 is 14.2 Å². The monoisotopic (exact) mass is 776 g/mol. The van der Waals surface area contributed by atoms with E-state index in [0.29, 0.717) is 0 Å². The number of fused-ring (bicyclic) bond motifs is 10. The van der Waals surface area contributed by atoms with Crippen molar-refractivity contribution in [3.8, 4) is 51.6 Å². The second-order valence-corrected chi connectivity index (χ2v) is 20.4. The average Bonchev–Trinajstić information content (AvgIpc) is 3.83. The van der Waals surface area contributed by atoms with E-state index in [1.165, 1.54) is 15.9 Å². The number of imidazole rings is 1. The van der Waals surface area contributed by atoms with E-state index in [-0.39, 0.29) is 6.71 Å². The highest BCUT2D eigenvalue weighted by molar-refractivity contribution is 7.02. The van der Waals surface area contributed by atoms with Crippen molar-refractivity contribution in [1.82, 2.24) is 14.1 Å². The Kier molecular flexibility index (Phi) is 6.57. The van der Waals surface area contributed by atoms with Crippen LogP contribution in [0.3, 0.4) is 0 Å². The van der Waals surface area contributed by atoms with Crippen molar-refractivity contribution in [3.05, 3.63) is 170 Å². The van der Waals surface area contributed by atoms with Gasteiger partial charge in [0.2, 0.25) is 0 Å². The van der Waals surface area contributed by atoms with Gasteiger partial charge in [-0.3, -0.25) is 13.7 Å². The van der Waals surface area contributed by atoms with E-state index in [4.69, 9.17) is 19.2 Å². The number of benzene rings is 7. The zero-order chi connectivity index (χ0) is 39.0. The van der Waals surface area contributed by atoms with Crippen molar-refractivity contribution >= 4 is 74.5 Å². The minimum atomic E-state index is -2.06. The minimum absolute atomic E-state index is 0.0202. The molecule has 0 bridgehead atoms. The largest absolute Gasteiger partial charge is 0.458 e. The Morgan fingerprint density at radius 2 is 1.44 bits per heavy atom. The van der Waals surface area contributed by atoms with Crippen LogP contribution >= 0.6 is 0 Å². The Balaban J connectivity index is 0.951. The third kappa shape index (κ3) is 4.53. The van der Waals surface area contributed by atoms with Gasteiger partial charge in [0.25, 0.3) is 13.0 Å². The summed E-state index contributed by atoms with van der Waals surface area (Å²) >= 11 is 0. The van der Waals surface area contributed by atoms with Gasteiger partial charge >= 0.3 is 0 Å². The Labute approximate surface area is 341 Å². The number of nitrogens with zero attached hydrogens (tertiary/aromatic N) is 4. The molecule has 0 unspecified atom stereocenters. The van der Waals surface area contributed by atoms with Crippen LogP contribution in [0, 0.1) is 6.33 Å². The van der Waals surface area contributed by atoms with E-state index < -0.39 is 8.07 Å². The quantitative estimate of drug-likeness (QED) is 0.104. The zero-order valence-corrected chi connectivity index (χ0v) is 33.2. The summed E-state index contributed by atoms with van der Waals surface area (Å²) in [6.07, 6.45) is 5.56. The molecule has 0 N–H and O–H groups in total. The smallest absolute Gasteiger partial charge is 0.269 e. The molecule has 0 spiro atoms. The summed E-state index contributed by atoms with van der Waals surface area (Å²) in [6.45, 7) is 4.85. The van der Waals surface area contributed by atoms with E-state index in [1.807, 2.05) is 42.6 Å². The first-order chi connectivity index (χ1) is 29.0. The number of para-hydroxylation sites is 4. The van der Waals surface area contributed by atoms with Gasteiger partial charge in [-0.25, -0.2) is 4.98 Å². The van der Waals surface area contributed by atoms with Gasteiger partial charge in [-0.15, -0.1) is 0 Å². The Morgan fingerprint density at radius 3 is 2.29 bits per heavy atom. The Hall–Kier alpha value is -7.36. The fourth-order valence-electron chi connectivity index (χ4n) is 9.87. The second kappa shape index (κ2) is 11.8. The normalized spacial score (nSPS) is 14.0. The summed E-state index contributed by atoms with van der Waals surface area (Å²) in [7, 11) is -2.06. The van der Waals surface area contributed by atoms with Crippen molar-refractivity contribution < 1.29 is 18.8 Å². The molecule has 3 aliphatic heterocycles. The number of hydrogen-bond donors (Lipinski definition) is 0. The van der Waals surface area contributed by atoms with Gasteiger partial charge in [-0.2, -0.15) is 0 Å². The Bertz CT molecular complexity index is 3420. The summed E-state index contributed by atoms with van der Waals surface area (Å²) in [5, 5.41) is 4.77. The number of hydrogen-bond acceptors (Lipinski definition) is 4. The molecule has 0 saturated carbocycles. The fourth-order valence-corrected chi connectivity index (χ4v) is 12.8. The van der Waals surface area contributed by atoms with Crippen LogP contribution < -0.4 is 45.5 Å². The third-order valence-electron chi connectivity index (χ3n) is 12.5. The molecule has 3 aromatic heterocycles. The lowest BCUT2D eigenvalue weighted by Crippen LogP contribution is -2.57. The van der Waals surface area contributed by atoms with Crippen LogP contribution in [0.5, 0.6) is 34.5 Å². The van der Waals surface area contributed by atoms with Crippen LogP contribution in [0.2, 0.25) is 13.1 Å². The molecule has 278 valence electrons. The summed E-state index contributed by atoms with van der Waals surface area (Å²) in [6, 6.07) is 54.9. The first-order valence-corrected chi connectivity index (χ1v) is 23.0. The predicted octanol–water partition coefficient (Wildman–Crippen LogP) is 7.86. The van der Waals surface area contributed by atoms with Gasteiger partial charge in [-0.1, -0.05) is 98.0 Å². The lowest BCUT2D eigenvalue weighted by Gasteiger charge is -2.33. The third-order valence-corrected chi connectivity index (χ3v) is 16.0. The van der Waals surface area contributed by atoms with Crippen molar-refractivity contribution in [1.29, 1.82) is 0 Å². The lowest BCUT2D eigenvalue weighted by molar-refractivity contribution is -0.572. The van der Waals surface area contributed by atoms with Crippen LogP contribution in [0.4, 0.5) is 0 Å². The van der Waals surface area contributed by atoms with Gasteiger partial charge in [0, 0.05) is 29.2 Å². The van der Waals surface area contributed by atoms with E-state index in [1.54, 1.807) is 0 Å². The molecule has 0 radical (unpaired) electrons. The SMILES string of the molecule is C[Si]1(C)c2ccc(Oc3cccc(-n4c5cc6c7c(c5c5cccnc54)Oc4ccccc4B7c4ccccc4O6)c3)cc2-n2[c-][n+](-c3ccccc3)c3cccc1c32. The second-order valence-electron chi connectivity index (χ2n) is 16.1. The summed E-state index contributed by atoms with van der Waals surface area (Å²) in [5.41, 5.74) is 10.6. The predicted molar refractivity (Wildman–Crippen MR) is 237 cm³/mol. The topological polar surface area (TPSA) is 54.3 Å². The molecule has 13 rings (SSSR count). The highest BCUT2D eigenvalue weighted by Gasteiger charge is 2.42. The summed E-state index contributed by atoms with van der Waals surface area (Å²) < 4.78 is 27.0. The van der Waals surface area contributed by atoms with Crippen molar-refractivity contribution in [2.24, 2.45) is 0 Å². The molecule has 0 atom stereocenters. The minimum Gasteiger partial charge on any atom is -0.458 e. The van der Waals surface area contributed by atoms with Gasteiger partial charge in [0.05, 0.1) is 39.0 Å². The molecule has 59 heavy (non-hydrogen) atoms. The molecule has 9 heteroatoms. The van der Waals surface area contributed by atoms with E-state index >= 15 is 0 Å². The molecular formula is C50H33BN4O3Si. The van der Waals surface area contributed by atoms with Gasteiger partial charge in [0.1, 0.15) is 48.2 Å². The first kappa shape index (κ1) is 32.7. The molecule has 3 aliphatic rings. The highest BCUT2D eigenvalue weighted by Crippen LogP contribution is 2.44. The fraction of sp³-hybridized carbons (Fsp3) is 0.0400. The molecule has 7 nitrogen and oxygen atoms in total. The van der Waals surface area contributed by atoms with Gasteiger partial charge in [0.15, 0.2) is 0 Å². The molecule has 7 aromatic carbocycles. The number of pyridine rings is 1. The molecule has 0 fully saturated rings. The average molecular weight is 777 g/mol. The standard InChI is InChI=1S/C50H33BN4O3Si/c1-59(2)44-25-24-34(28-39(44)54-30-53(31-13-4-3-5-14-31)38-20-11-23-45(59)48(38)54)56-33-16-10-15-32(27-33)55-40-29-43-47-49(46(40)35-17-12-26-52-50(35)55)58-42-22-9-7-19-37(42)51(47)36-18-6-8-21-41(36)57-43/h3-29H,1-2H3. The Morgan fingerprint density at radius 1 is 0.678 bits per heavy atom. The molecule has 0 aliphatic carbocycles. The van der Waals surface area contributed by atoms with Crippen LogP contribution in [0.25, 0.3) is 50.0 Å². The highest BCUT2D eigenvalue weighted by atomic mass is 28.3. The van der Waals surface area contributed by atoms with Crippen LogP contribution in [-0.2, 0) is 0 Å². The summed E-state index contributed by atoms with van der Waals surface area (Å²) in [4.78, 5) is 4.98. The first-order valence-electron chi connectivity index (χ1n) is 20.0. The molecule has 10 aromatic rings. The van der Waals surface area contributed by atoms with Gasteiger partial charge in [-0.05, 0) is 82.0 Å². The van der Waals surface area contributed by atoms with Crippen LogP contribution in [0.1, 0.15) is 0 Å². The lowest BCUT2D eigenvalue weighted by atomic mass is 9.35. The maximum Gasteiger partial charge on any atom is 0.269 e. The van der Waals surface area contributed by atoms with E-state index in [9.17, 15) is 0 Å². The zero-order valence-electron chi connectivity index (χ0n) is 32.2. The maximum absolute atomic E-state index is 6.89. The van der Waals surface area contributed by atoms with E-state index in [2.05, 4.69) is 154 Å². The molecule has 6 heterocycles. The summed E-state index contributed by atoms with van der Waals surface area (Å²) in [5.74, 6) is 4.79. The molecular weight excluding hydrogens is 743 g/mol.